The molecule has 0 unspecified atom stereocenters. The molecule has 36 heavy (non-hydrogen) atoms. The summed E-state index contributed by atoms with van der Waals surface area (Å²) in [5, 5.41) is 3.30. The third kappa shape index (κ3) is 7.76. The molecule has 0 aliphatic heterocycles. The summed E-state index contributed by atoms with van der Waals surface area (Å²) in [6.45, 7) is 6.54. The van der Waals surface area contributed by atoms with E-state index in [-0.39, 0.29) is 23.9 Å². The van der Waals surface area contributed by atoms with Gasteiger partial charge in [-0.2, -0.15) is 0 Å². The Kier molecular flexibility index (Phi) is 9.62. The third-order valence-corrected chi connectivity index (χ3v) is 6.79. The van der Waals surface area contributed by atoms with Crippen LogP contribution in [0.1, 0.15) is 33.3 Å². The smallest absolute Gasteiger partial charge is 0.244 e. The molecule has 0 spiro atoms. The minimum absolute atomic E-state index is 0.00852. The van der Waals surface area contributed by atoms with E-state index in [0.717, 1.165) is 10.6 Å². The van der Waals surface area contributed by atoms with E-state index in [1.807, 2.05) is 20.8 Å². The molecule has 2 amide bonds. The normalized spacial score (nSPS) is 12.4. The summed E-state index contributed by atoms with van der Waals surface area (Å²) in [5.74, 6) is -0.294. The van der Waals surface area contributed by atoms with E-state index in [0.29, 0.717) is 16.3 Å². The lowest BCUT2D eigenvalue weighted by molar-refractivity contribution is -0.140. The maximum Gasteiger partial charge on any atom is 0.244 e. The summed E-state index contributed by atoms with van der Waals surface area (Å²) in [7, 11) is -1.05. The van der Waals surface area contributed by atoms with Crippen molar-refractivity contribution in [2.45, 2.75) is 45.8 Å². The highest BCUT2D eigenvalue weighted by molar-refractivity contribution is 7.92. The maximum atomic E-state index is 13.7. The van der Waals surface area contributed by atoms with Crippen LogP contribution >= 0.6 is 11.6 Å². The Hall–Kier alpha value is -2.98. The van der Waals surface area contributed by atoms with Gasteiger partial charge in [-0.25, -0.2) is 8.42 Å². The molecule has 0 aliphatic rings. The number of anilines is 1. The monoisotopic (exact) mass is 539 g/mol. The zero-order chi connectivity index (χ0) is 27.3. The van der Waals surface area contributed by atoms with Crippen LogP contribution in [0.2, 0.25) is 5.02 Å². The lowest BCUT2D eigenvalue weighted by atomic mass is 10.1. The van der Waals surface area contributed by atoms with Crippen molar-refractivity contribution < 1.29 is 27.5 Å². The number of halogens is 1. The first-order valence-electron chi connectivity index (χ1n) is 11.2. The van der Waals surface area contributed by atoms with E-state index in [4.69, 9.17) is 21.1 Å². The van der Waals surface area contributed by atoms with Crippen LogP contribution in [0.4, 0.5) is 5.69 Å². The minimum atomic E-state index is -3.92. The maximum absolute atomic E-state index is 13.7. The van der Waals surface area contributed by atoms with Gasteiger partial charge in [0.05, 0.1) is 26.2 Å². The molecule has 1 atom stereocenters. The zero-order valence-electron chi connectivity index (χ0n) is 21.7. The number of amides is 2. The molecule has 11 heteroatoms. The first kappa shape index (κ1) is 29.3. The molecule has 0 heterocycles. The van der Waals surface area contributed by atoms with Crippen molar-refractivity contribution in [3.63, 3.8) is 0 Å². The highest BCUT2D eigenvalue weighted by atomic mass is 35.5. The van der Waals surface area contributed by atoms with Crippen LogP contribution in [0.15, 0.2) is 42.5 Å². The van der Waals surface area contributed by atoms with Crippen molar-refractivity contribution >= 4 is 39.1 Å². The number of hydrogen-bond donors (Lipinski definition) is 1. The van der Waals surface area contributed by atoms with Gasteiger partial charge >= 0.3 is 0 Å². The molecule has 2 rings (SSSR count). The Labute approximate surface area is 218 Å². The second-order valence-electron chi connectivity index (χ2n) is 9.34. The van der Waals surface area contributed by atoms with Gasteiger partial charge in [0.25, 0.3) is 0 Å². The van der Waals surface area contributed by atoms with Gasteiger partial charge in [0.1, 0.15) is 24.1 Å². The number of methoxy groups -OCH3 is 2. The molecule has 198 valence electrons. The Morgan fingerprint density at radius 2 is 1.72 bits per heavy atom. The van der Waals surface area contributed by atoms with Gasteiger partial charge in [0.2, 0.25) is 21.8 Å². The van der Waals surface area contributed by atoms with Crippen LogP contribution in [0.3, 0.4) is 0 Å². The number of carbonyl (C=O) groups excluding carboxylic acids is 2. The Morgan fingerprint density at radius 1 is 1.08 bits per heavy atom. The van der Waals surface area contributed by atoms with Gasteiger partial charge in [0.15, 0.2) is 0 Å². The van der Waals surface area contributed by atoms with E-state index in [1.165, 1.54) is 31.3 Å². The van der Waals surface area contributed by atoms with Gasteiger partial charge in [-0.3, -0.25) is 13.9 Å². The summed E-state index contributed by atoms with van der Waals surface area (Å²) >= 11 is 6.33. The molecule has 0 aromatic heterocycles. The summed E-state index contributed by atoms with van der Waals surface area (Å²) in [5.41, 5.74) is 0.259. The Balaban J connectivity index is 2.49. The second kappa shape index (κ2) is 11.8. The van der Waals surface area contributed by atoms with Crippen LogP contribution < -0.4 is 19.1 Å². The highest BCUT2D eigenvalue weighted by Gasteiger charge is 2.32. The van der Waals surface area contributed by atoms with Gasteiger partial charge in [-0.15, -0.1) is 0 Å². The Bertz CT molecular complexity index is 1200. The van der Waals surface area contributed by atoms with Crippen LogP contribution in [0.5, 0.6) is 11.5 Å². The largest absolute Gasteiger partial charge is 0.497 e. The van der Waals surface area contributed by atoms with Crippen LogP contribution in [-0.4, -0.2) is 63.7 Å². The van der Waals surface area contributed by atoms with Gasteiger partial charge in [-0.1, -0.05) is 29.8 Å². The number of carbonyl (C=O) groups is 2. The molecular formula is C25H34ClN3O6S. The van der Waals surface area contributed by atoms with Gasteiger partial charge in [0, 0.05) is 23.2 Å². The van der Waals surface area contributed by atoms with Crippen molar-refractivity contribution in [2.24, 2.45) is 0 Å². The molecule has 9 nitrogen and oxygen atoms in total. The fourth-order valence-electron chi connectivity index (χ4n) is 3.45. The van der Waals surface area contributed by atoms with Crippen molar-refractivity contribution in [2.75, 3.05) is 31.3 Å². The number of nitrogens with zero attached hydrogens (tertiary/aromatic N) is 2. The minimum Gasteiger partial charge on any atom is -0.497 e. The van der Waals surface area contributed by atoms with Gasteiger partial charge < -0.3 is 19.7 Å². The van der Waals surface area contributed by atoms with Crippen molar-refractivity contribution in [3.8, 4) is 11.5 Å². The molecule has 0 saturated heterocycles. The average molecular weight is 540 g/mol. The number of ether oxygens (including phenoxy) is 2. The first-order valence-corrected chi connectivity index (χ1v) is 13.4. The van der Waals surface area contributed by atoms with E-state index in [1.54, 1.807) is 37.3 Å². The molecule has 0 aliphatic carbocycles. The number of rotatable bonds is 10. The van der Waals surface area contributed by atoms with E-state index in [9.17, 15) is 18.0 Å². The quantitative estimate of drug-likeness (QED) is 0.496. The molecule has 0 radical (unpaired) electrons. The van der Waals surface area contributed by atoms with Gasteiger partial charge in [-0.05, 0) is 51.5 Å². The van der Waals surface area contributed by atoms with E-state index >= 15 is 0 Å². The molecule has 2 aromatic carbocycles. The molecular weight excluding hydrogens is 506 g/mol. The number of sulfonamides is 1. The standard InChI is InChI=1S/C25H34ClN3O6S/c1-17(24(31)27-25(2,3)4)28(15-18-10-8-9-11-20(18)26)23(30)16-29(36(7,32)33)21-13-12-19(34-5)14-22(21)35-6/h8-14,17H,15-16H2,1-7H3,(H,27,31)/t17-/m1/s1. The zero-order valence-corrected chi connectivity index (χ0v) is 23.2. The van der Waals surface area contributed by atoms with E-state index in [2.05, 4.69) is 5.32 Å². The topological polar surface area (TPSA) is 105 Å². The summed E-state index contributed by atoms with van der Waals surface area (Å²) in [6.07, 6.45) is 0.998. The number of hydrogen-bond acceptors (Lipinski definition) is 6. The molecule has 1 N–H and O–H groups in total. The summed E-state index contributed by atoms with van der Waals surface area (Å²) in [4.78, 5) is 28.0. The van der Waals surface area contributed by atoms with Crippen molar-refractivity contribution in [3.05, 3.63) is 53.1 Å². The highest BCUT2D eigenvalue weighted by Crippen LogP contribution is 2.33. The van der Waals surface area contributed by atoms with Crippen molar-refractivity contribution in [1.29, 1.82) is 0 Å². The summed E-state index contributed by atoms with van der Waals surface area (Å²) < 4.78 is 37.1. The van der Waals surface area contributed by atoms with Crippen LogP contribution in [0.25, 0.3) is 0 Å². The Morgan fingerprint density at radius 3 is 2.25 bits per heavy atom. The fourth-order valence-corrected chi connectivity index (χ4v) is 4.50. The molecule has 0 fully saturated rings. The predicted molar refractivity (Wildman–Crippen MR) is 141 cm³/mol. The van der Waals surface area contributed by atoms with Crippen LogP contribution in [-0.2, 0) is 26.2 Å². The average Bonchev–Trinajstić information content (AvgIpc) is 2.79. The number of nitrogens with one attached hydrogen (secondary N) is 1. The number of benzene rings is 2. The first-order chi connectivity index (χ1) is 16.7. The molecule has 0 bridgehead atoms. The predicted octanol–water partition coefficient (Wildman–Crippen LogP) is 3.46. The fraction of sp³-hybridized carbons (Fsp3) is 0.440. The SMILES string of the molecule is COc1ccc(N(CC(=O)N(Cc2ccccc2Cl)[C@H](C)C(=O)NC(C)(C)C)S(C)(=O)=O)c(OC)c1. The lowest BCUT2D eigenvalue weighted by Crippen LogP contribution is -2.54. The second-order valence-corrected chi connectivity index (χ2v) is 11.6. The molecule has 2 aromatic rings. The molecule has 0 saturated carbocycles. The summed E-state index contributed by atoms with van der Waals surface area (Å²) in [6, 6.07) is 10.7. The van der Waals surface area contributed by atoms with Crippen LogP contribution in [0, 0.1) is 0 Å². The van der Waals surface area contributed by atoms with E-state index < -0.39 is 34.1 Å². The lowest BCUT2D eigenvalue weighted by Gasteiger charge is -2.33. The van der Waals surface area contributed by atoms with Crippen molar-refractivity contribution in [1.82, 2.24) is 10.2 Å². The third-order valence-electron chi connectivity index (χ3n) is 5.30.